The Morgan fingerprint density at radius 2 is 1.15 bits per heavy atom. The minimum Gasteiger partial charge on any atom is -0.192 e. The number of benzene rings is 2. The van der Waals surface area contributed by atoms with Gasteiger partial charge in [-0.3, -0.25) is 0 Å². The number of allylic oxidation sites excluding steroid dienone is 13. The van der Waals surface area contributed by atoms with E-state index in [1.807, 2.05) is 42.5 Å². The van der Waals surface area contributed by atoms with Gasteiger partial charge in [-0.15, -0.1) is 0 Å². The lowest BCUT2D eigenvalue weighted by Gasteiger charge is -2.11. The molecular weight excluding hydrogens is 480 g/mol. The Hall–Kier alpha value is -6.44. The Kier molecular flexibility index (Phi) is 5.94. The van der Waals surface area contributed by atoms with Gasteiger partial charge in [0, 0.05) is 11.1 Å². The molecule has 176 valence electrons. The first-order valence-corrected chi connectivity index (χ1v) is 11.7. The van der Waals surface area contributed by atoms with Crippen molar-refractivity contribution >= 4 is 22.3 Å². The van der Waals surface area contributed by atoms with Crippen molar-refractivity contribution in [2.24, 2.45) is 0 Å². The quantitative estimate of drug-likeness (QED) is 0.391. The second-order valence-corrected chi connectivity index (χ2v) is 8.84. The lowest BCUT2D eigenvalue weighted by Crippen LogP contribution is -1.94. The van der Waals surface area contributed by atoms with Crippen LogP contribution in [0, 0.1) is 68.0 Å². The van der Waals surface area contributed by atoms with Crippen LogP contribution in [0.5, 0.6) is 0 Å². The minimum absolute atomic E-state index is 0.0397. The van der Waals surface area contributed by atoms with E-state index in [1.54, 1.807) is 42.5 Å². The predicted octanol–water partition coefficient (Wildman–Crippen LogP) is 6.34. The molecule has 0 radical (unpaired) electrons. The molecule has 0 saturated carbocycles. The number of rotatable bonds is 0. The molecule has 39 heavy (non-hydrogen) atoms. The maximum atomic E-state index is 9.77. The molecule has 0 fully saturated rings. The molecule has 3 aliphatic rings. The summed E-state index contributed by atoms with van der Waals surface area (Å²) in [6.45, 7) is 4.26. The van der Waals surface area contributed by atoms with Crippen LogP contribution in [0.4, 0.5) is 0 Å². The van der Waals surface area contributed by atoms with Crippen molar-refractivity contribution in [1.29, 1.82) is 31.6 Å². The molecule has 0 aliphatic heterocycles. The van der Waals surface area contributed by atoms with Crippen molar-refractivity contribution in [1.82, 2.24) is 0 Å². The van der Waals surface area contributed by atoms with E-state index < -0.39 is 0 Å². The minimum atomic E-state index is -0.0793. The number of hydrogen-bond donors (Lipinski definition) is 0. The van der Waals surface area contributed by atoms with Gasteiger partial charge >= 0.3 is 0 Å². The van der Waals surface area contributed by atoms with Crippen molar-refractivity contribution in [3.63, 3.8) is 0 Å². The van der Waals surface area contributed by atoms with Gasteiger partial charge in [0.15, 0.2) is 0 Å². The largest absolute Gasteiger partial charge is 0.192 e. The molecule has 0 N–H and O–H groups in total. The van der Waals surface area contributed by atoms with Crippen LogP contribution in [0.25, 0.3) is 22.3 Å². The summed E-state index contributed by atoms with van der Waals surface area (Å²) in [5, 5.41) is 58.0. The van der Waals surface area contributed by atoms with Gasteiger partial charge in [0.2, 0.25) is 0 Å². The molecule has 6 heteroatoms. The zero-order valence-corrected chi connectivity index (χ0v) is 20.4. The summed E-state index contributed by atoms with van der Waals surface area (Å²) in [6.07, 6.45) is 7.80. The predicted molar refractivity (Wildman–Crippen MR) is 144 cm³/mol. The Morgan fingerprint density at radius 1 is 0.615 bits per heavy atom. The van der Waals surface area contributed by atoms with Crippen molar-refractivity contribution < 1.29 is 0 Å². The third kappa shape index (κ3) is 3.68. The van der Waals surface area contributed by atoms with Crippen LogP contribution in [0.2, 0.25) is 0 Å². The molecule has 0 spiro atoms. The highest BCUT2D eigenvalue weighted by atomic mass is 14.4. The van der Waals surface area contributed by atoms with E-state index in [4.69, 9.17) is 0 Å². The average Bonchev–Trinajstić information content (AvgIpc) is 3.45. The zero-order valence-electron chi connectivity index (χ0n) is 20.4. The van der Waals surface area contributed by atoms with E-state index in [0.717, 1.165) is 27.8 Å². The molecule has 5 rings (SSSR count). The maximum absolute atomic E-state index is 9.77. The Morgan fingerprint density at radius 3 is 1.72 bits per heavy atom. The standard InChI is InChI=1S/C33H14N6/c1-19-5-8-24-25-9-6-20(13-34)11-29(25)32(22(15-36)16-37)28(24)4-2-3-27-26-10-7-21(14-35)12-30(26)33(31(19)27)23(17-38)18-39/h2-3,5-12H,1,4H2/b3-2-,8-5-. The number of nitriles is 6. The van der Waals surface area contributed by atoms with Crippen LogP contribution in [0.1, 0.15) is 39.8 Å². The third-order valence-electron chi connectivity index (χ3n) is 6.89. The second-order valence-electron chi connectivity index (χ2n) is 8.84. The highest BCUT2D eigenvalue weighted by molar-refractivity contribution is 6.10. The van der Waals surface area contributed by atoms with Gasteiger partial charge in [0.05, 0.1) is 23.3 Å². The maximum Gasteiger partial charge on any atom is 0.138 e. The summed E-state index contributed by atoms with van der Waals surface area (Å²) in [4.78, 5) is 0. The topological polar surface area (TPSA) is 143 Å². The van der Waals surface area contributed by atoms with Gasteiger partial charge in [-0.1, -0.05) is 43.0 Å². The van der Waals surface area contributed by atoms with Crippen molar-refractivity contribution in [3.05, 3.63) is 129 Å². The van der Waals surface area contributed by atoms with Gasteiger partial charge in [0.1, 0.15) is 35.4 Å². The number of fused-ring (bicyclic) bond motifs is 4. The first-order valence-electron chi connectivity index (χ1n) is 11.7. The van der Waals surface area contributed by atoms with Crippen LogP contribution in [0.3, 0.4) is 0 Å². The fourth-order valence-corrected chi connectivity index (χ4v) is 5.26. The molecule has 6 nitrogen and oxygen atoms in total. The van der Waals surface area contributed by atoms with Gasteiger partial charge in [-0.05, 0) is 80.8 Å². The molecule has 0 saturated heterocycles. The molecule has 0 atom stereocenters. The van der Waals surface area contributed by atoms with E-state index >= 15 is 0 Å². The van der Waals surface area contributed by atoms with Crippen LogP contribution >= 0.6 is 0 Å². The van der Waals surface area contributed by atoms with Gasteiger partial charge < -0.3 is 0 Å². The summed E-state index contributed by atoms with van der Waals surface area (Å²) in [5.74, 6) is 0. The second kappa shape index (κ2) is 9.55. The molecule has 0 bridgehead atoms. The fraction of sp³-hybridized carbons (Fsp3) is 0.0303. The van der Waals surface area contributed by atoms with Crippen LogP contribution in [-0.2, 0) is 0 Å². The van der Waals surface area contributed by atoms with Crippen LogP contribution in [-0.4, -0.2) is 0 Å². The van der Waals surface area contributed by atoms with E-state index in [1.165, 1.54) is 0 Å². The first kappa shape index (κ1) is 24.3. The lowest BCUT2D eigenvalue weighted by atomic mass is 9.91. The highest BCUT2D eigenvalue weighted by Gasteiger charge is 2.32. The molecule has 0 aromatic heterocycles. The van der Waals surface area contributed by atoms with E-state index in [-0.39, 0.29) is 11.1 Å². The van der Waals surface area contributed by atoms with Crippen LogP contribution < -0.4 is 0 Å². The number of nitrogens with zero attached hydrogens (tertiary/aromatic N) is 6. The first-order chi connectivity index (χ1) is 19.0. The van der Waals surface area contributed by atoms with Gasteiger partial charge in [0.25, 0.3) is 0 Å². The SMILES string of the molecule is C=C1/C=C\C2=C(C/C=C\C3=C1C(=C(C#N)C#N)c1cc(C#N)ccc13)C(=C(C#N)C#N)c1cc(C#N)ccc12. The Bertz CT molecular complexity index is 1960. The van der Waals surface area contributed by atoms with Gasteiger partial charge in [-0.25, -0.2) is 0 Å². The molecule has 2 aromatic rings. The van der Waals surface area contributed by atoms with Crippen molar-refractivity contribution in [2.45, 2.75) is 6.42 Å². The average molecular weight is 495 g/mol. The number of hydrogen-bond acceptors (Lipinski definition) is 6. The summed E-state index contributed by atoms with van der Waals surface area (Å²) in [5.41, 5.74) is 7.91. The van der Waals surface area contributed by atoms with Crippen molar-refractivity contribution in [2.75, 3.05) is 0 Å². The highest BCUT2D eigenvalue weighted by Crippen LogP contribution is 2.50. The van der Waals surface area contributed by atoms with Gasteiger partial charge in [-0.2, -0.15) is 31.6 Å². The van der Waals surface area contributed by atoms with Crippen molar-refractivity contribution in [3.8, 4) is 36.4 Å². The zero-order chi connectivity index (χ0) is 27.7. The molecule has 0 unspecified atom stereocenters. The smallest absolute Gasteiger partial charge is 0.138 e. The van der Waals surface area contributed by atoms with Crippen LogP contribution in [0.15, 0.2) is 95.1 Å². The lowest BCUT2D eigenvalue weighted by molar-refractivity contribution is 1.31. The fourth-order valence-electron chi connectivity index (χ4n) is 5.26. The molecular formula is C33H14N6. The summed E-state index contributed by atoms with van der Waals surface area (Å²) in [7, 11) is 0. The Balaban J connectivity index is 1.77. The summed E-state index contributed by atoms with van der Waals surface area (Å²) in [6, 6.07) is 22.6. The summed E-state index contributed by atoms with van der Waals surface area (Å²) < 4.78 is 0. The van der Waals surface area contributed by atoms with E-state index in [0.29, 0.717) is 51.0 Å². The normalized spacial score (nSPS) is 16.1. The van der Waals surface area contributed by atoms with E-state index in [9.17, 15) is 31.6 Å². The van der Waals surface area contributed by atoms with E-state index in [2.05, 4.69) is 18.7 Å². The molecule has 0 amide bonds. The monoisotopic (exact) mass is 494 g/mol. The molecule has 3 aliphatic carbocycles. The molecule has 0 heterocycles. The summed E-state index contributed by atoms with van der Waals surface area (Å²) >= 11 is 0. The molecule has 2 aromatic carbocycles. The Labute approximate surface area is 225 Å². The third-order valence-corrected chi connectivity index (χ3v) is 6.89.